The third kappa shape index (κ3) is 4.15. The van der Waals surface area contributed by atoms with Crippen molar-refractivity contribution in [3.63, 3.8) is 0 Å². The van der Waals surface area contributed by atoms with E-state index >= 15 is 0 Å². The molecule has 0 spiro atoms. The minimum atomic E-state index is -0.101. The molecular weight excluding hydrogens is 333 g/mol. The Kier molecular flexibility index (Phi) is 4.91. The summed E-state index contributed by atoms with van der Waals surface area (Å²) in [6.45, 7) is 8.14. The highest BCUT2D eigenvalue weighted by atomic mass is 16.5. The summed E-state index contributed by atoms with van der Waals surface area (Å²) >= 11 is 0. The van der Waals surface area contributed by atoms with Crippen LogP contribution in [0.3, 0.4) is 0 Å². The third-order valence-electron chi connectivity index (χ3n) is 5.49. The van der Waals surface area contributed by atoms with Crippen molar-refractivity contribution in [3.8, 4) is 0 Å². The monoisotopic (exact) mass is 363 g/mol. The van der Waals surface area contributed by atoms with E-state index in [4.69, 9.17) is 4.74 Å². The summed E-state index contributed by atoms with van der Waals surface area (Å²) in [6, 6.07) is 13.8. The van der Waals surface area contributed by atoms with Gasteiger partial charge in [0.15, 0.2) is 0 Å². The maximum atomic E-state index is 6.03. The molecule has 1 saturated heterocycles. The maximum absolute atomic E-state index is 6.03. The highest BCUT2D eigenvalue weighted by Crippen LogP contribution is 2.26. The average Bonchev–Trinajstić information content (AvgIpc) is 3.28. The number of likely N-dealkylation sites (tertiary alicyclic amines) is 1. The lowest BCUT2D eigenvalue weighted by atomic mass is 9.93. The summed E-state index contributed by atoms with van der Waals surface area (Å²) in [7, 11) is 2.14. The molecular formula is C22H30BN3O. The summed E-state index contributed by atoms with van der Waals surface area (Å²) < 4.78 is 6.03. The van der Waals surface area contributed by atoms with Gasteiger partial charge in [0.1, 0.15) is 20.7 Å². The molecule has 5 heteroatoms. The van der Waals surface area contributed by atoms with Crippen LogP contribution in [0.4, 0.5) is 0 Å². The topological polar surface area (TPSA) is 36.5 Å². The molecule has 0 saturated carbocycles. The first kappa shape index (κ1) is 18.4. The van der Waals surface area contributed by atoms with Gasteiger partial charge in [-0.2, -0.15) is 0 Å². The predicted molar refractivity (Wildman–Crippen MR) is 116 cm³/mol. The Morgan fingerprint density at radius 2 is 1.93 bits per heavy atom. The first-order chi connectivity index (χ1) is 12.9. The second-order valence-electron chi connectivity index (χ2n) is 8.82. The van der Waals surface area contributed by atoms with Gasteiger partial charge in [0.05, 0.1) is 17.3 Å². The minimum Gasteiger partial charge on any atom is -0.368 e. The van der Waals surface area contributed by atoms with Crippen LogP contribution in [-0.2, 0) is 4.74 Å². The van der Waals surface area contributed by atoms with Gasteiger partial charge in [-0.05, 0) is 56.0 Å². The molecule has 142 valence electrons. The molecule has 2 N–H and O–H groups in total. The average molecular weight is 363 g/mol. The fourth-order valence-electron chi connectivity index (χ4n) is 4.00. The van der Waals surface area contributed by atoms with Crippen molar-refractivity contribution in [1.29, 1.82) is 0 Å². The number of rotatable bonds is 4. The van der Waals surface area contributed by atoms with Crippen LogP contribution in [0.1, 0.15) is 39.2 Å². The van der Waals surface area contributed by atoms with E-state index < -0.39 is 0 Å². The van der Waals surface area contributed by atoms with Crippen LogP contribution in [-0.4, -0.2) is 43.8 Å². The van der Waals surface area contributed by atoms with Crippen LogP contribution in [0.5, 0.6) is 0 Å². The third-order valence-corrected chi connectivity index (χ3v) is 5.49. The normalized spacial score (nSPS) is 23.3. The Hall–Kier alpha value is -1.98. The molecule has 2 aliphatic heterocycles. The lowest BCUT2D eigenvalue weighted by molar-refractivity contribution is -0.0703. The molecule has 2 aromatic rings. The molecule has 0 aromatic heterocycles. The fraction of sp³-hybridized carbons (Fsp3) is 0.455. The van der Waals surface area contributed by atoms with Crippen LogP contribution in [0, 0.1) is 0 Å². The number of nitrogens with zero attached hydrogens (tertiary/aromatic N) is 1. The molecule has 1 fully saturated rings. The molecule has 27 heavy (non-hydrogen) atoms. The Labute approximate surface area is 163 Å². The van der Waals surface area contributed by atoms with E-state index in [1.807, 2.05) is 0 Å². The zero-order chi connectivity index (χ0) is 19.0. The van der Waals surface area contributed by atoms with E-state index in [0.29, 0.717) is 12.8 Å². The number of hydrogen-bond acceptors (Lipinski definition) is 4. The standard InChI is InChI=1S/C22H30BN3O/c1-22(2,3)27-14-26-10-4-5-20(26)21-24-13-19(25-21)17-7-6-16-12-18(23)9-8-15(16)11-17/h6-9,11-13,20-21,24-25H,4-5,10,14,23H2,1-3H3/t20-,21?/m0/s1. The lowest BCUT2D eigenvalue weighted by Crippen LogP contribution is -2.50. The maximum Gasteiger partial charge on any atom is 0.139 e. The molecule has 0 bridgehead atoms. The second-order valence-corrected chi connectivity index (χ2v) is 8.82. The number of fused-ring (bicyclic) bond motifs is 1. The Bertz CT molecular complexity index is 858. The number of hydrogen-bond donors (Lipinski definition) is 2. The SMILES string of the molecule is Bc1ccc2cc(C3=CNC([C@@H]4CCCN4COC(C)(C)C)N3)ccc2c1. The first-order valence-electron chi connectivity index (χ1n) is 10.0. The highest BCUT2D eigenvalue weighted by molar-refractivity contribution is 6.33. The van der Waals surface area contributed by atoms with Crippen LogP contribution in [0.15, 0.2) is 42.6 Å². The van der Waals surface area contributed by atoms with Crippen molar-refractivity contribution < 1.29 is 4.74 Å². The highest BCUT2D eigenvalue weighted by Gasteiger charge is 2.34. The van der Waals surface area contributed by atoms with Crippen molar-refractivity contribution >= 4 is 29.8 Å². The van der Waals surface area contributed by atoms with E-state index in [9.17, 15) is 0 Å². The zero-order valence-corrected chi connectivity index (χ0v) is 16.9. The van der Waals surface area contributed by atoms with Gasteiger partial charge in [-0.15, -0.1) is 0 Å². The van der Waals surface area contributed by atoms with E-state index in [1.54, 1.807) is 0 Å². The summed E-state index contributed by atoms with van der Waals surface area (Å²) in [4.78, 5) is 2.45. The lowest BCUT2D eigenvalue weighted by Gasteiger charge is -2.32. The van der Waals surface area contributed by atoms with E-state index in [-0.39, 0.29) is 11.8 Å². The number of nitrogens with one attached hydrogen (secondary N) is 2. The molecule has 2 aromatic carbocycles. The van der Waals surface area contributed by atoms with Gasteiger partial charge in [-0.1, -0.05) is 35.8 Å². The van der Waals surface area contributed by atoms with E-state index in [0.717, 1.165) is 6.54 Å². The quantitative estimate of drug-likeness (QED) is 0.817. The van der Waals surface area contributed by atoms with Gasteiger partial charge >= 0.3 is 0 Å². The Morgan fingerprint density at radius 3 is 2.74 bits per heavy atom. The zero-order valence-electron chi connectivity index (χ0n) is 16.9. The van der Waals surface area contributed by atoms with Gasteiger partial charge in [-0.25, -0.2) is 0 Å². The summed E-state index contributed by atoms with van der Waals surface area (Å²) in [5.41, 5.74) is 3.60. The molecule has 2 atom stereocenters. The van der Waals surface area contributed by atoms with Crippen LogP contribution >= 0.6 is 0 Å². The van der Waals surface area contributed by atoms with Crippen molar-refractivity contribution in [3.05, 3.63) is 48.2 Å². The predicted octanol–water partition coefficient (Wildman–Crippen LogP) is 2.15. The fourth-order valence-corrected chi connectivity index (χ4v) is 4.00. The molecule has 0 radical (unpaired) electrons. The van der Waals surface area contributed by atoms with Crippen LogP contribution in [0.25, 0.3) is 16.5 Å². The Morgan fingerprint density at radius 1 is 1.15 bits per heavy atom. The van der Waals surface area contributed by atoms with Crippen LogP contribution < -0.4 is 16.1 Å². The largest absolute Gasteiger partial charge is 0.368 e. The van der Waals surface area contributed by atoms with Gasteiger partial charge in [0.2, 0.25) is 0 Å². The van der Waals surface area contributed by atoms with Crippen molar-refractivity contribution in [2.24, 2.45) is 0 Å². The second kappa shape index (κ2) is 7.21. The Balaban J connectivity index is 1.44. The van der Waals surface area contributed by atoms with Gasteiger partial charge < -0.3 is 15.4 Å². The first-order valence-corrected chi connectivity index (χ1v) is 10.0. The molecule has 4 rings (SSSR count). The minimum absolute atomic E-state index is 0.101. The number of ether oxygens (including phenoxy) is 1. The van der Waals surface area contributed by atoms with Crippen molar-refractivity contribution in [2.45, 2.75) is 51.4 Å². The molecule has 2 aliphatic rings. The van der Waals surface area contributed by atoms with Gasteiger partial charge in [-0.3, -0.25) is 4.90 Å². The summed E-state index contributed by atoms with van der Waals surface area (Å²) in [5, 5.41) is 9.84. The van der Waals surface area contributed by atoms with Crippen molar-refractivity contribution in [2.75, 3.05) is 13.3 Å². The molecule has 1 unspecified atom stereocenters. The number of benzene rings is 2. The van der Waals surface area contributed by atoms with Crippen molar-refractivity contribution in [1.82, 2.24) is 15.5 Å². The van der Waals surface area contributed by atoms with Gasteiger partial charge in [0, 0.05) is 12.7 Å². The molecule has 4 nitrogen and oxygen atoms in total. The van der Waals surface area contributed by atoms with Gasteiger partial charge in [0.25, 0.3) is 0 Å². The summed E-state index contributed by atoms with van der Waals surface area (Å²) in [6.07, 6.45) is 4.78. The van der Waals surface area contributed by atoms with E-state index in [1.165, 1.54) is 40.3 Å². The summed E-state index contributed by atoms with van der Waals surface area (Å²) in [5.74, 6) is 0. The van der Waals surface area contributed by atoms with E-state index in [2.05, 4.69) is 86.7 Å². The smallest absolute Gasteiger partial charge is 0.139 e. The molecule has 2 heterocycles. The van der Waals surface area contributed by atoms with Crippen LogP contribution in [0.2, 0.25) is 0 Å². The molecule has 0 aliphatic carbocycles. The molecule has 0 amide bonds.